The molecule has 2 atom stereocenters. The molecular formula is C63H58N2. The average molecular weight is 843 g/mol. The van der Waals surface area contributed by atoms with Gasteiger partial charge in [-0.25, -0.2) is 0 Å². The molecule has 2 heteroatoms. The maximum absolute atomic E-state index is 2.65. The molecule has 1 heterocycles. The monoisotopic (exact) mass is 842 g/mol. The fraction of sp³-hybridized carbons (Fsp3) is 0.206. The Labute approximate surface area is 385 Å². The van der Waals surface area contributed by atoms with Crippen LogP contribution in [-0.2, 0) is 5.41 Å². The van der Waals surface area contributed by atoms with E-state index in [0.29, 0.717) is 5.92 Å². The molecule has 0 saturated heterocycles. The lowest BCUT2D eigenvalue weighted by atomic mass is 9.74. The largest absolute Gasteiger partial charge is 0.331 e. The van der Waals surface area contributed by atoms with E-state index in [2.05, 4.69) is 243 Å². The van der Waals surface area contributed by atoms with Crippen LogP contribution < -0.4 is 4.90 Å². The number of allylic oxidation sites excluding steroid dienone is 2. The maximum Gasteiger partial charge on any atom is 0.0711 e. The highest BCUT2D eigenvalue weighted by atomic mass is 15.2. The molecule has 9 aromatic rings. The summed E-state index contributed by atoms with van der Waals surface area (Å²) in [6, 6.07) is 68.4. The van der Waals surface area contributed by atoms with Gasteiger partial charge in [-0.05, 0) is 118 Å². The van der Waals surface area contributed by atoms with Gasteiger partial charge >= 0.3 is 0 Å². The first-order valence-corrected chi connectivity index (χ1v) is 23.8. The van der Waals surface area contributed by atoms with E-state index in [1.165, 1.54) is 115 Å². The van der Waals surface area contributed by atoms with Crippen molar-refractivity contribution in [1.29, 1.82) is 0 Å². The molecule has 1 fully saturated rings. The minimum atomic E-state index is -0.463. The number of fused-ring (bicyclic) bond motifs is 4. The lowest BCUT2D eigenvalue weighted by molar-refractivity contribution is 0.445. The van der Waals surface area contributed by atoms with Gasteiger partial charge < -0.3 is 9.47 Å². The first-order chi connectivity index (χ1) is 31.8. The topological polar surface area (TPSA) is 8.17 Å². The predicted octanol–water partition coefficient (Wildman–Crippen LogP) is 17.4. The molecule has 1 saturated carbocycles. The summed E-state index contributed by atoms with van der Waals surface area (Å²) < 4.78 is 2.41. The van der Waals surface area contributed by atoms with E-state index in [0.717, 1.165) is 5.69 Å². The lowest BCUT2D eigenvalue weighted by Gasteiger charge is -2.47. The number of aromatic nitrogens is 1. The van der Waals surface area contributed by atoms with Crippen molar-refractivity contribution in [3.8, 4) is 27.9 Å². The zero-order valence-corrected chi connectivity index (χ0v) is 38.2. The molecule has 0 radical (unpaired) electrons. The van der Waals surface area contributed by atoms with Crippen LogP contribution in [0.1, 0.15) is 88.3 Å². The molecule has 2 unspecified atom stereocenters. The van der Waals surface area contributed by atoms with Crippen LogP contribution in [0.2, 0.25) is 0 Å². The molecule has 1 aromatic heterocycles. The summed E-state index contributed by atoms with van der Waals surface area (Å²) >= 11 is 0. The first-order valence-electron chi connectivity index (χ1n) is 23.8. The Morgan fingerprint density at radius 1 is 0.554 bits per heavy atom. The molecule has 0 spiro atoms. The third-order valence-corrected chi connectivity index (χ3v) is 14.7. The molecule has 0 amide bonds. The van der Waals surface area contributed by atoms with Crippen molar-refractivity contribution in [2.75, 3.05) is 4.90 Å². The lowest BCUT2D eigenvalue weighted by Crippen LogP contribution is -2.47. The van der Waals surface area contributed by atoms with Crippen LogP contribution in [-0.4, -0.2) is 10.1 Å². The van der Waals surface area contributed by atoms with Crippen LogP contribution in [0, 0.1) is 0 Å². The summed E-state index contributed by atoms with van der Waals surface area (Å²) in [5.74, 6) is 0.664. The van der Waals surface area contributed by atoms with Crippen molar-refractivity contribution in [2.24, 2.45) is 0 Å². The average Bonchev–Trinajstić information content (AvgIpc) is 3.69. The van der Waals surface area contributed by atoms with E-state index in [9.17, 15) is 0 Å². The highest BCUT2D eigenvalue weighted by Crippen LogP contribution is 2.50. The van der Waals surface area contributed by atoms with Gasteiger partial charge in [-0.2, -0.15) is 0 Å². The van der Waals surface area contributed by atoms with Crippen molar-refractivity contribution in [2.45, 2.75) is 82.6 Å². The van der Waals surface area contributed by atoms with Gasteiger partial charge in [0, 0.05) is 39.3 Å². The van der Waals surface area contributed by atoms with Gasteiger partial charge in [-0.3, -0.25) is 0 Å². The van der Waals surface area contributed by atoms with Crippen molar-refractivity contribution >= 4 is 44.0 Å². The molecular weight excluding hydrogens is 785 g/mol. The minimum absolute atomic E-state index is 0.0760. The molecule has 2 nitrogen and oxygen atoms in total. The summed E-state index contributed by atoms with van der Waals surface area (Å²) in [4.78, 5) is 2.65. The Bertz CT molecular complexity index is 3220. The molecule has 65 heavy (non-hydrogen) atoms. The van der Waals surface area contributed by atoms with Crippen molar-refractivity contribution in [1.82, 2.24) is 4.57 Å². The van der Waals surface area contributed by atoms with Gasteiger partial charge in [-0.1, -0.05) is 204 Å². The second-order valence-corrected chi connectivity index (χ2v) is 19.7. The SMILES string of the molecule is CC(C)(C)c1ccc(C2C=CC=CC2(C)N(c2ccc(-c3cccc4c3c3ccccc3n4-c3ccccc3)cc2)c2ccccc2-c2cccc3cccc(C4CCCCC4)c23)cc1. The Morgan fingerprint density at radius 2 is 1.22 bits per heavy atom. The second kappa shape index (κ2) is 16.6. The van der Waals surface area contributed by atoms with Crippen molar-refractivity contribution in [3.05, 3.63) is 223 Å². The smallest absolute Gasteiger partial charge is 0.0711 e. The molecule has 320 valence electrons. The van der Waals surface area contributed by atoms with Crippen molar-refractivity contribution < 1.29 is 0 Å². The van der Waals surface area contributed by atoms with Crippen LogP contribution in [0.4, 0.5) is 11.4 Å². The fourth-order valence-electron chi connectivity index (χ4n) is 11.4. The Balaban J connectivity index is 1.10. The zero-order chi connectivity index (χ0) is 44.1. The number of hydrogen-bond acceptors (Lipinski definition) is 1. The van der Waals surface area contributed by atoms with Gasteiger partial charge in [0.2, 0.25) is 0 Å². The molecule has 8 aromatic carbocycles. The van der Waals surface area contributed by atoms with Crippen molar-refractivity contribution in [3.63, 3.8) is 0 Å². The van der Waals surface area contributed by atoms with Gasteiger partial charge in [0.1, 0.15) is 0 Å². The predicted molar refractivity (Wildman–Crippen MR) is 278 cm³/mol. The summed E-state index contributed by atoms with van der Waals surface area (Å²) in [5.41, 5.74) is 14.8. The highest BCUT2D eigenvalue weighted by Gasteiger charge is 2.41. The van der Waals surface area contributed by atoms with Crippen LogP contribution in [0.5, 0.6) is 0 Å². The number of nitrogens with zero attached hydrogens (tertiary/aromatic N) is 2. The van der Waals surface area contributed by atoms with E-state index in [1.807, 2.05) is 0 Å². The number of hydrogen-bond donors (Lipinski definition) is 0. The van der Waals surface area contributed by atoms with Gasteiger partial charge in [0.05, 0.1) is 16.6 Å². The number of para-hydroxylation sites is 3. The van der Waals surface area contributed by atoms with E-state index < -0.39 is 5.54 Å². The quantitative estimate of drug-likeness (QED) is 0.148. The summed E-state index contributed by atoms with van der Waals surface area (Å²) in [6.45, 7) is 9.33. The first kappa shape index (κ1) is 40.8. The summed E-state index contributed by atoms with van der Waals surface area (Å²) in [6.07, 6.45) is 15.8. The fourth-order valence-corrected chi connectivity index (χ4v) is 11.4. The van der Waals surface area contributed by atoms with Gasteiger partial charge in [-0.15, -0.1) is 0 Å². The highest BCUT2D eigenvalue weighted by molar-refractivity contribution is 6.15. The Morgan fingerprint density at radius 3 is 2.00 bits per heavy atom. The third kappa shape index (κ3) is 7.21. The second-order valence-electron chi connectivity index (χ2n) is 19.7. The number of anilines is 2. The van der Waals surface area contributed by atoms with Crippen LogP contribution in [0.15, 0.2) is 206 Å². The molecule has 2 aliphatic rings. The minimum Gasteiger partial charge on any atom is -0.331 e. The molecule has 0 N–H and O–H groups in total. The third-order valence-electron chi connectivity index (χ3n) is 14.7. The molecule has 11 rings (SSSR count). The number of benzene rings is 8. The van der Waals surface area contributed by atoms with Crippen LogP contribution in [0.3, 0.4) is 0 Å². The zero-order valence-electron chi connectivity index (χ0n) is 38.2. The van der Waals surface area contributed by atoms with Crippen LogP contribution >= 0.6 is 0 Å². The maximum atomic E-state index is 2.65. The number of rotatable bonds is 8. The molecule has 2 aliphatic carbocycles. The van der Waals surface area contributed by atoms with E-state index in [4.69, 9.17) is 0 Å². The van der Waals surface area contributed by atoms with Gasteiger partial charge in [0.15, 0.2) is 0 Å². The normalized spacial score (nSPS) is 17.9. The summed E-state index contributed by atoms with van der Waals surface area (Å²) in [5, 5.41) is 5.27. The van der Waals surface area contributed by atoms with Gasteiger partial charge in [0.25, 0.3) is 0 Å². The van der Waals surface area contributed by atoms with E-state index in [1.54, 1.807) is 0 Å². The molecule has 0 aliphatic heterocycles. The Kier molecular flexibility index (Phi) is 10.4. The Hall–Kier alpha value is -6.90. The summed E-state index contributed by atoms with van der Waals surface area (Å²) in [7, 11) is 0. The van der Waals surface area contributed by atoms with E-state index in [-0.39, 0.29) is 11.3 Å². The van der Waals surface area contributed by atoms with E-state index >= 15 is 0 Å². The molecule has 0 bridgehead atoms. The standard InChI is InChI=1S/C63H58N2/c1-62(2,3)48-39-35-46(36-40-48)56-31-15-16-43-63(56,4)65(58-33-14-11-26-53(58)54-30-18-23-47-22-17-28-51(60(47)54)44-20-7-5-8-21-44)50-41-37-45(38-42-50)52-29-19-34-59-61(52)55-27-12-13-32-57(55)64(59)49-24-9-6-10-25-49/h6,9-19,22-44,56H,5,7-8,20-21H2,1-4H3. The van der Waals surface area contributed by atoms with Crippen LogP contribution in [0.25, 0.3) is 60.5 Å².